The van der Waals surface area contributed by atoms with Gasteiger partial charge in [-0.3, -0.25) is 0 Å². The summed E-state index contributed by atoms with van der Waals surface area (Å²) in [4.78, 5) is 5.97. The minimum absolute atomic E-state index is 0.130. The molecule has 0 radical (unpaired) electrons. The van der Waals surface area contributed by atoms with Crippen LogP contribution >= 0.6 is 0 Å². The molecule has 238 valence electrons. The lowest BCUT2D eigenvalue weighted by molar-refractivity contribution is 0.0748. The van der Waals surface area contributed by atoms with Gasteiger partial charge in [0, 0.05) is 24.4 Å². The van der Waals surface area contributed by atoms with Crippen molar-refractivity contribution >= 4 is 11.8 Å². The Labute approximate surface area is 277 Å². The molecular weight excluding hydrogens is 562 g/mol. The molecule has 46 heavy (non-hydrogen) atoms. The van der Waals surface area contributed by atoms with Gasteiger partial charge < -0.3 is 9.64 Å². The van der Waals surface area contributed by atoms with Crippen LogP contribution in [-0.2, 0) is 16.8 Å². The van der Waals surface area contributed by atoms with Crippen LogP contribution in [0.15, 0.2) is 113 Å². The summed E-state index contributed by atoms with van der Waals surface area (Å²) in [6.45, 7) is 24.5. The number of hydrogen-bond donors (Lipinski definition) is 0. The molecule has 0 fully saturated rings. The second kappa shape index (κ2) is 15.2. The summed E-state index contributed by atoms with van der Waals surface area (Å²) >= 11 is 0. The van der Waals surface area contributed by atoms with E-state index < -0.39 is 5.60 Å². The number of unbranched alkanes of at least 4 members (excludes halogenated alkanes) is 1. The van der Waals surface area contributed by atoms with E-state index in [1.165, 1.54) is 28.0 Å². The first-order chi connectivity index (χ1) is 22.1. The second-order valence-corrected chi connectivity index (χ2v) is 13.3. The van der Waals surface area contributed by atoms with E-state index in [0.29, 0.717) is 17.0 Å². The fourth-order valence-electron chi connectivity index (χ4n) is 6.49. The first kappa shape index (κ1) is 34.3. The van der Waals surface area contributed by atoms with E-state index in [2.05, 4.69) is 123 Å². The summed E-state index contributed by atoms with van der Waals surface area (Å²) in [5.74, 6) is 0.374. The van der Waals surface area contributed by atoms with E-state index in [0.717, 1.165) is 56.3 Å². The third-order valence-electron chi connectivity index (χ3n) is 9.07. The average molecular weight is 612 g/mol. The number of rotatable bonds is 11. The molecule has 4 rings (SSSR count). The highest BCUT2D eigenvalue weighted by Crippen LogP contribution is 2.47. The molecule has 1 aliphatic heterocycles. The molecule has 0 amide bonds. The number of nitrogens with zero attached hydrogens (tertiary/aromatic N) is 3. The van der Waals surface area contributed by atoms with E-state index in [1.54, 1.807) is 6.92 Å². The third-order valence-corrected chi connectivity index (χ3v) is 9.07. The lowest BCUT2D eigenvalue weighted by atomic mass is 9.75. The Bertz CT molecular complexity index is 1660. The van der Waals surface area contributed by atoms with Crippen LogP contribution in [0.1, 0.15) is 90.8 Å². The molecule has 0 saturated carbocycles. The number of hydrogen-bond acceptors (Lipinski definition) is 3. The fraction of sp³-hybridized carbons (Fsp3) is 0.381. The standard InChI is InChI=1S/C42H49N3O/c1-9-12-14-32-19-23-36(24-20-32)42(7)39(38(30-43)40(46-42)31(4)44-8)16-13-15-34-27-35(29-41(5,6)28-34)18-17-33-21-25-37(26-22-33)45(10-2)11-3/h13,15-27H,9-12,14,28-29H2,1-7H3/b16-13+,18-17+,34-15-,40-31-. The molecule has 0 spiro atoms. The Hall–Kier alpha value is -4.54. The summed E-state index contributed by atoms with van der Waals surface area (Å²) < 4.78 is 6.50. The van der Waals surface area contributed by atoms with E-state index in [-0.39, 0.29) is 5.41 Å². The van der Waals surface area contributed by atoms with Crippen molar-refractivity contribution in [3.63, 3.8) is 0 Å². The van der Waals surface area contributed by atoms with E-state index in [4.69, 9.17) is 11.3 Å². The molecule has 0 saturated heterocycles. The lowest BCUT2D eigenvalue weighted by Crippen LogP contribution is -2.23. The molecule has 1 unspecified atom stereocenters. The maximum atomic E-state index is 10.2. The molecule has 0 aromatic heterocycles. The van der Waals surface area contributed by atoms with Gasteiger partial charge in [0.1, 0.15) is 11.8 Å². The minimum atomic E-state index is -0.874. The second-order valence-electron chi connectivity index (χ2n) is 13.3. The first-order valence-electron chi connectivity index (χ1n) is 16.7. The zero-order valence-electron chi connectivity index (χ0n) is 28.8. The van der Waals surface area contributed by atoms with Crippen LogP contribution < -0.4 is 4.90 Å². The summed E-state index contributed by atoms with van der Waals surface area (Å²) in [7, 11) is 0. The molecule has 1 atom stereocenters. The van der Waals surface area contributed by atoms with E-state index in [9.17, 15) is 5.26 Å². The predicted octanol–water partition coefficient (Wildman–Crippen LogP) is 11.0. The van der Waals surface area contributed by atoms with Crippen molar-refractivity contribution in [2.75, 3.05) is 18.0 Å². The van der Waals surface area contributed by atoms with E-state index >= 15 is 0 Å². The van der Waals surface area contributed by atoms with Crippen molar-refractivity contribution < 1.29 is 4.74 Å². The van der Waals surface area contributed by atoms with Gasteiger partial charge in [0.2, 0.25) is 5.70 Å². The largest absolute Gasteiger partial charge is 0.488 e. The SMILES string of the molecule is [C-]#[N+]/C(C)=C1\OC(C)(c2ccc(CCCC)cc2)C(/C=C/C=C2C=C(/C=C/c3ccc(N(CC)CC)cc3)CC(C)(C)C/2)=C1C#N. The van der Waals surface area contributed by atoms with Crippen LogP contribution in [0.3, 0.4) is 0 Å². The van der Waals surface area contributed by atoms with Crippen molar-refractivity contribution in [2.45, 2.75) is 86.2 Å². The summed E-state index contributed by atoms with van der Waals surface area (Å²) in [5.41, 5.74) is 8.11. The van der Waals surface area contributed by atoms with Gasteiger partial charge in [-0.2, -0.15) is 5.26 Å². The maximum Gasteiger partial charge on any atom is 0.204 e. The first-order valence-corrected chi connectivity index (χ1v) is 16.7. The third kappa shape index (κ3) is 7.99. The Morgan fingerprint density at radius 1 is 0.978 bits per heavy atom. The zero-order chi connectivity index (χ0) is 33.3. The Balaban J connectivity index is 1.65. The smallest absolute Gasteiger partial charge is 0.204 e. The molecule has 1 heterocycles. The number of aryl methyl sites for hydroxylation is 1. The Morgan fingerprint density at radius 3 is 2.28 bits per heavy atom. The quantitative estimate of drug-likeness (QED) is 0.237. The molecule has 1 aliphatic carbocycles. The highest BCUT2D eigenvalue weighted by Gasteiger charge is 2.43. The summed E-state index contributed by atoms with van der Waals surface area (Å²) in [6.07, 6.45) is 18.3. The van der Waals surface area contributed by atoms with Crippen molar-refractivity contribution in [1.29, 1.82) is 5.26 Å². The van der Waals surface area contributed by atoms with E-state index in [1.807, 2.05) is 19.1 Å². The predicted molar refractivity (Wildman–Crippen MR) is 193 cm³/mol. The van der Waals surface area contributed by atoms with Crippen molar-refractivity contribution in [1.82, 2.24) is 0 Å². The van der Waals surface area contributed by atoms with Crippen LogP contribution in [0.4, 0.5) is 5.69 Å². The van der Waals surface area contributed by atoms with Crippen molar-refractivity contribution in [2.24, 2.45) is 5.41 Å². The topological polar surface area (TPSA) is 40.6 Å². The highest BCUT2D eigenvalue weighted by atomic mass is 16.5. The van der Waals surface area contributed by atoms with Gasteiger partial charge in [0.15, 0.2) is 5.60 Å². The van der Waals surface area contributed by atoms with Crippen LogP contribution in [0, 0.1) is 23.3 Å². The average Bonchev–Trinajstić information content (AvgIpc) is 3.35. The summed E-state index contributed by atoms with van der Waals surface area (Å²) in [6, 6.07) is 19.7. The van der Waals surface area contributed by atoms with Gasteiger partial charge in [0.25, 0.3) is 0 Å². The highest BCUT2D eigenvalue weighted by molar-refractivity contribution is 5.60. The fourth-order valence-corrected chi connectivity index (χ4v) is 6.49. The molecular formula is C42H49N3O. The molecule has 2 aromatic rings. The van der Waals surface area contributed by atoms with Gasteiger partial charge in [-0.05, 0) is 98.8 Å². The molecule has 0 N–H and O–H groups in total. The lowest BCUT2D eigenvalue weighted by Gasteiger charge is -2.30. The van der Waals surface area contributed by atoms with Gasteiger partial charge in [-0.25, -0.2) is 4.85 Å². The van der Waals surface area contributed by atoms with Crippen LogP contribution in [0.25, 0.3) is 10.9 Å². The van der Waals surface area contributed by atoms with Crippen LogP contribution in [-0.4, -0.2) is 13.1 Å². The number of ether oxygens (including phenoxy) is 1. The van der Waals surface area contributed by atoms with Crippen molar-refractivity contribution in [3.05, 3.63) is 141 Å². The Morgan fingerprint density at radius 2 is 1.67 bits per heavy atom. The number of benzene rings is 2. The molecule has 0 bridgehead atoms. The normalized spacial score (nSPS) is 21.3. The summed E-state index contributed by atoms with van der Waals surface area (Å²) in [5, 5.41) is 10.2. The zero-order valence-corrected chi connectivity index (χ0v) is 28.8. The van der Waals surface area contributed by atoms with Gasteiger partial charge in [-0.15, -0.1) is 0 Å². The molecule has 4 heteroatoms. The van der Waals surface area contributed by atoms with Gasteiger partial charge >= 0.3 is 0 Å². The number of nitriles is 1. The van der Waals surface area contributed by atoms with Gasteiger partial charge in [0.05, 0.1) is 12.1 Å². The van der Waals surface area contributed by atoms with Gasteiger partial charge in [-0.1, -0.05) is 100 Å². The van der Waals surface area contributed by atoms with Crippen LogP contribution in [0.2, 0.25) is 0 Å². The minimum Gasteiger partial charge on any atom is -0.488 e. The number of anilines is 1. The molecule has 2 aliphatic rings. The molecule has 4 nitrogen and oxygen atoms in total. The van der Waals surface area contributed by atoms with Crippen LogP contribution in [0.5, 0.6) is 0 Å². The Kier molecular flexibility index (Phi) is 11.3. The van der Waals surface area contributed by atoms with Crippen molar-refractivity contribution in [3.8, 4) is 6.07 Å². The molecule has 2 aromatic carbocycles. The monoisotopic (exact) mass is 611 g/mol. The maximum absolute atomic E-state index is 10.2. The number of allylic oxidation sites excluding steroid dienone is 8.